The van der Waals surface area contributed by atoms with Crippen LogP contribution in [0.25, 0.3) is 0 Å². The molecule has 10 N–H and O–H groups in total. The predicted molar refractivity (Wildman–Crippen MR) is 111 cm³/mol. The molecular formula is C20H35NO15. The van der Waals surface area contributed by atoms with E-state index in [1.807, 2.05) is 0 Å². The molecule has 0 aromatic carbocycles. The van der Waals surface area contributed by atoms with Crippen LogP contribution in [0.3, 0.4) is 0 Å². The van der Waals surface area contributed by atoms with Crippen LogP contribution in [0.15, 0.2) is 0 Å². The quantitative estimate of drug-likeness (QED) is 0.147. The average molecular weight is 529 g/mol. The van der Waals surface area contributed by atoms with Crippen LogP contribution < -0.4 is 5.32 Å². The third-order valence-electron chi connectivity index (χ3n) is 6.46. The smallest absolute Gasteiger partial charge is 0.217 e. The summed E-state index contributed by atoms with van der Waals surface area (Å²) in [4.78, 5) is 11.6. The maximum absolute atomic E-state index is 11.6. The van der Waals surface area contributed by atoms with Crippen LogP contribution in [-0.4, -0.2) is 157 Å². The molecule has 16 nitrogen and oxygen atoms in total. The molecule has 1 amide bonds. The summed E-state index contributed by atoms with van der Waals surface area (Å²) >= 11 is 0. The van der Waals surface area contributed by atoms with Crippen molar-refractivity contribution in [3.05, 3.63) is 0 Å². The SMILES string of the molecule is CC(=O)N[C@@H]1[C@@H](O[C@@H]2O[C@@H](C)[C@@H](O)[C@@H](O[C@H]3O[C@H](CO)[C@H](O)[C@H](O)[C@H]3O)[C@@H]2O)[C@H](O)[C@@H](CO)O[C@H]1O. The Morgan fingerprint density at radius 2 is 1.28 bits per heavy atom. The molecule has 0 aromatic rings. The standard InChI is InChI=1S/C20H35NO15/c1-5-10(25)17(36-19-14(29)13(28)11(26)7(3-22)34-19)15(30)20(32-5)35-16-9(21-6(2)24)18(31)33-8(4-23)12(16)27/h5,7-20,22-23,25-31H,3-4H2,1-2H3,(H,21,24)/t5-,7+,8+,9+,10+,11-,12+,13-,14+,15-,16+,17+,18+,19+,20-/m0/s1. The van der Waals surface area contributed by atoms with Crippen molar-refractivity contribution in [3.8, 4) is 0 Å². The number of aliphatic hydroxyl groups is 9. The van der Waals surface area contributed by atoms with Crippen molar-refractivity contribution in [2.75, 3.05) is 13.2 Å². The van der Waals surface area contributed by atoms with Crippen molar-refractivity contribution in [2.45, 2.75) is 106 Å². The molecule has 15 atom stereocenters. The highest BCUT2D eigenvalue weighted by Gasteiger charge is 2.53. The molecule has 3 aliphatic heterocycles. The van der Waals surface area contributed by atoms with Crippen LogP contribution in [0.5, 0.6) is 0 Å². The van der Waals surface area contributed by atoms with Crippen LogP contribution in [0.1, 0.15) is 13.8 Å². The zero-order valence-corrected chi connectivity index (χ0v) is 19.5. The normalized spacial score (nSPS) is 50.0. The van der Waals surface area contributed by atoms with Crippen LogP contribution in [0, 0.1) is 0 Å². The van der Waals surface area contributed by atoms with Gasteiger partial charge in [0.05, 0.1) is 19.3 Å². The van der Waals surface area contributed by atoms with Gasteiger partial charge in [0.2, 0.25) is 5.91 Å². The van der Waals surface area contributed by atoms with Crippen LogP contribution in [0.4, 0.5) is 0 Å². The molecule has 3 saturated heterocycles. The molecule has 3 rings (SSSR count). The summed E-state index contributed by atoms with van der Waals surface area (Å²) in [5, 5.41) is 93.7. The van der Waals surface area contributed by atoms with E-state index in [0.717, 1.165) is 6.92 Å². The first-order chi connectivity index (χ1) is 16.9. The minimum Gasteiger partial charge on any atom is -0.394 e. The van der Waals surface area contributed by atoms with E-state index in [0.29, 0.717) is 0 Å². The second-order valence-corrected chi connectivity index (χ2v) is 9.05. The molecule has 0 bridgehead atoms. The van der Waals surface area contributed by atoms with Crippen LogP contribution in [0.2, 0.25) is 0 Å². The van der Waals surface area contributed by atoms with Crippen molar-refractivity contribution in [1.29, 1.82) is 0 Å². The van der Waals surface area contributed by atoms with Gasteiger partial charge in [0.15, 0.2) is 18.9 Å². The molecule has 0 spiro atoms. The summed E-state index contributed by atoms with van der Waals surface area (Å²) in [7, 11) is 0. The highest BCUT2D eigenvalue weighted by Crippen LogP contribution is 2.32. The molecule has 210 valence electrons. The van der Waals surface area contributed by atoms with E-state index in [-0.39, 0.29) is 0 Å². The second-order valence-electron chi connectivity index (χ2n) is 9.05. The van der Waals surface area contributed by atoms with Crippen molar-refractivity contribution in [3.63, 3.8) is 0 Å². The average Bonchev–Trinajstić information content (AvgIpc) is 2.83. The number of amides is 1. The number of hydrogen-bond donors (Lipinski definition) is 10. The van der Waals surface area contributed by atoms with Crippen LogP contribution in [-0.2, 0) is 28.5 Å². The molecule has 0 aliphatic carbocycles. The minimum atomic E-state index is -1.82. The van der Waals surface area contributed by atoms with Gasteiger partial charge < -0.3 is 75.0 Å². The molecule has 16 heteroatoms. The summed E-state index contributed by atoms with van der Waals surface area (Å²) in [5.41, 5.74) is 0. The lowest BCUT2D eigenvalue weighted by Crippen LogP contribution is -2.68. The highest BCUT2D eigenvalue weighted by atomic mass is 16.7. The maximum Gasteiger partial charge on any atom is 0.217 e. The third kappa shape index (κ3) is 5.97. The Hall–Kier alpha value is -1.09. The molecule has 3 aliphatic rings. The largest absolute Gasteiger partial charge is 0.394 e. The topological polar surface area (TPSA) is 257 Å². The summed E-state index contributed by atoms with van der Waals surface area (Å²) in [6, 6.07) is -1.34. The fraction of sp³-hybridized carbons (Fsp3) is 0.950. The maximum atomic E-state index is 11.6. The number of nitrogens with one attached hydrogen (secondary N) is 1. The lowest BCUT2D eigenvalue weighted by molar-refractivity contribution is -0.370. The van der Waals surface area contributed by atoms with Gasteiger partial charge in [-0.05, 0) is 6.92 Å². The predicted octanol–water partition coefficient (Wildman–Crippen LogP) is -6.40. The second kappa shape index (κ2) is 12.2. The number of rotatable bonds is 7. The Kier molecular flexibility index (Phi) is 9.97. The summed E-state index contributed by atoms with van der Waals surface area (Å²) in [5.74, 6) is -0.608. The van der Waals surface area contributed by atoms with E-state index < -0.39 is 111 Å². The molecule has 36 heavy (non-hydrogen) atoms. The molecular weight excluding hydrogens is 494 g/mol. The molecule has 3 heterocycles. The summed E-state index contributed by atoms with van der Waals surface area (Å²) in [6.07, 6.45) is -21.9. The first-order valence-corrected chi connectivity index (χ1v) is 11.4. The molecule has 3 fully saturated rings. The summed E-state index contributed by atoms with van der Waals surface area (Å²) < 4.78 is 27.1. The van der Waals surface area contributed by atoms with Crippen molar-refractivity contribution < 1.29 is 74.4 Å². The number of carbonyl (C=O) groups is 1. The Morgan fingerprint density at radius 1 is 0.722 bits per heavy atom. The lowest BCUT2D eigenvalue weighted by Gasteiger charge is -2.48. The number of carbonyl (C=O) groups excluding carboxylic acids is 1. The number of hydrogen-bond acceptors (Lipinski definition) is 15. The van der Waals surface area contributed by atoms with Gasteiger partial charge >= 0.3 is 0 Å². The zero-order valence-electron chi connectivity index (χ0n) is 19.5. The minimum absolute atomic E-state index is 0.608. The molecule has 0 aromatic heterocycles. The monoisotopic (exact) mass is 529 g/mol. The van der Waals surface area contributed by atoms with Gasteiger partial charge in [-0.15, -0.1) is 0 Å². The van der Waals surface area contributed by atoms with E-state index in [2.05, 4.69) is 5.32 Å². The summed E-state index contributed by atoms with van der Waals surface area (Å²) in [6.45, 7) is 1.10. The van der Waals surface area contributed by atoms with E-state index in [1.165, 1.54) is 6.92 Å². The Bertz CT molecular complexity index is 729. The van der Waals surface area contributed by atoms with E-state index in [9.17, 15) is 50.8 Å². The van der Waals surface area contributed by atoms with Gasteiger partial charge in [0.25, 0.3) is 0 Å². The molecule has 0 unspecified atom stereocenters. The number of aliphatic hydroxyl groups excluding tert-OH is 9. The van der Waals surface area contributed by atoms with Crippen molar-refractivity contribution in [1.82, 2.24) is 5.32 Å². The fourth-order valence-electron chi connectivity index (χ4n) is 4.39. The highest BCUT2D eigenvalue weighted by molar-refractivity contribution is 5.73. The van der Waals surface area contributed by atoms with E-state index in [1.54, 1.807) is 0 Å². The van der Waals surface area contributed by atoms with Crippen molar-refractivity contribution >= 4 is 5.91 Å². The first-order valence-electron chi connectivity index (χ1n) is 11.4. The van der Waals surface area contributed by atoms with Crippen LogP contribution >= 0.6 is 0 Å². The fourth-order valence-corrected chi connectivity index (χ4v) is 4.39. The van der Waals surface area contributed by atoms with Crippen molar-refractivity contribution in [2.24, 2.45) is 0 Å². The van der Waals surface area contributed by atoms with Gasteiger partial charge in [0, 0.05) is 6.92 Å². The lowest BCUT2D eigenvalue weighted by atomic mass is 9.95. The number of ether oxygens (including phenoxy) is 5. The molecule has 0 saturated carbocycles. The van der Waals surface area contributed by atoms with Gasteiger partial charge in [-0.2, -0.15) is 0 Å². The van der Waals surface area contributed by atoms with Gasteiger partial charge in [0.1, 0.15) is 67.1 Å². The Balaban J connectivity index is 1.80. The van der Waals surface area contributed by atoms with Gasteiger partial charge in [-0.3, -0.25) is 4.79 Å². The molecule has 0 radical (unpaired) electrons. The van der Waals surface area contributed by atoms with E-state index >= 15 is 0 Å². The zero-order chi connectivity index (χ0) is 26.9. The Morgan fingerprint density at radius 3 is 1.86 bits per heavy atom. The first kappa shape index (κ1) is 29.5. The van der Waals surface area contributed by atoms with Gasteiger partial charge in [-0.25, -0.2) is 0 Å². The van der Waals surface area contributed by atoms with E-state index in [4.69, 9.17) is 23.7 Å². The van der Waals surface area contributed by atoms with Gasteiger partial charge in [-0.1, -0.05) is 0 Å². The third-order valence-corrected chi connectivity index (χ3v) is 6.46. The Labute approximate surface area is 205 Å².